The number of carbonyl (C=O) groups is 2. The molecule has 120 valence electrons. The Labute approximate surface area is 143 Å². The third-order valence-corrected chi connectivity index (χ3v) is 3.67. The van der Waals surface area contributed by atoms with E-state index in [0.717, 1.165) is 0 Å². The lowest BCUT2D eigenvalue weighted by molar-refractivity contribution is -0.116. The van der Waals surface area contributed by atoms with Gasteiger partial charge >= 0.3 is 0 Å². The van der Waals surface area contributed by atoms with Gasteiger partial charge in [0.15, 0.2) is 0 Å². The van der Waals surface area contributed by atoms with Crippen molar-refractivity contribution in [1.82, 2.24) is 0 Å². The van der Waals surface area contributed by atoms with E-state index in [-0.39, 0.29) is 5.91 Å². The average Bonchev–Trinajstić information content (AvgIpc) is 2.51. The molecule has 1 atom stereocenters. The third kappa shape index (κ3) is 4.61. The smallest absolute Gasteiger partial charge is 0.248 e. The number of anilines is 2. The van der Waals surface area contributed by atoms with Crippen LogP contribution in [0.15, 0.2) is 42.5 Å². The van der Waals surface area contributed by atoms with Crippen LogP contribution < -0.4 is 16.4 Å². The van der Waals surface area contributed by atoms with Crippen molar-refractivity contribution in [3.05, 3.63) is 58.1 Å². The molecule has 0 spiro atoms. The zero-order chi connectivity index (χ0) is 17.0. The fraction of sp³-hybridized carbons (Fsp3) is 0.125. The van der Waals surface area contributed by atoms with Gasteiger partial charge in [0.25, 0.3) is 0 Å². The first-order valence-corrected chi connectivity index (χ1v) is 7.54. The molecule has 4 N–H and O–H groups in total. The van der Waals surface area contributed by atoms with Gasteiger partial charge in [-0.1, -0.05) is 29.3 Å². The molecule has 0 aliphatic rings. The van der Waals surface area contributed by atoms with Gasteiger partial charge in [-0.3, -0.25) is 9.59 Å². The number of hydrogen-bond acceptors (Lipinski definition) is 3. The Hall–Kier alpha value is -2.24. The molecule has 0 fully saturated rings. The highest BCUT2D eigenvalue weighted by Gasteiger charge is 2.15. The number of nitrogens with one attached hydrogen (secondary N) is 2. The predicted molar refractivity (Wildman–Crippen MR) is 93.1 cm³/mol. The van der Waals surface area contributed by atoms with E-state index in [1.165, 1.54) is 0 Å². The van der Waals surface area contributed by atoms with E-state index in [2.05, 4.69) is 10.6 Å². The summed E-state index contributed by atoms with van der Waals surface area (Å²) >= 11 is 11.9. The number of halogens is 2. The third-order valence-electron chi connectivity index (χ3n) is 3.11. The molecule has 2 amide bonds. The normalized spacial score (nSPS) is 11.6. The molecule has 5 nitrogen and oxygen atoms in total. The Bertz CT molecular complexity index is 750. The summed E-state index contributed by atoms with van der Waals surface area (Å²) in [5.74, 6) is -0.824. The van der Waals surface area contributed by atoms with E-state index in [1.54, 1.807) is 49.4 Å². The maximum absolute atomic E-state index is 12.2. The van der Waals surface area contributed by atoms with Gasteiger partial charge in [0, 0.05) is 16.3 Å². The summed E-state index contributed by atoms with van der Waals surface area (Å²) in [4.78, 5) is 23.4. The van der Waals surface area contributed by atoms with Crippen molar-refractivity contribution >= 4 is 46.4 Å². The lowest BCUT2D eigenvalue weighted by Gasteiger charge is -2.16. The fourth-order valence-corrected chi connectivity index (χ4v) is 2.25. The largest absolute Gasteiger partial charge is 0.374 e. The molecule has 0 saturated heterocycles. The highest BCUT2D eigenvalue weighted by molar-refractivity contribution is 6.35. The highest BCUT2D eigenvalue weighted by Crippen LogP contribution is 2.25. The van der Waals surface area contributed by atoms with E-state index in [4.69, 9.17) is 28.9 Å². The van der Waals surface area contributed by atoms with Crippen LogP contribution in [0.1, 0.15) is 17.3 Å². The van der Waals surface area contributed by atoms with Crippen LogP contribution in [0.3, 0.4) is 0 Å². The number of hydrogen-bond donors (Lipinski definition) is 3. The lowest BCUT2D eigenvalue weighted by atomic mass is 10.1. The van der Waals surface area contributed by atoms with Gasteiger partial charge in [0.05, 0.1) is 10.7 Å². The molecular formula is C16H15Cl2N3O2. The quantitative estimate of drug-likeness (QED) is 0.770. The van der Waals surface area contributed by atoms with Gasteiger partial charge in [0.2, 0.25) is 11.8 Å². The maximum Gasteiger partial charge on any atom is 0.248 e. The summed E-state index contributed by atoms with van der Waals surface area (Å²) < 4.78 is 0. The summed E-state index contributed by atoms with van der Waals surface area (Å²) in [6.07, 6.45) is 0. The number of nitrogens with two attached hydrogens (primary N) is 1. The average molecular weight is 352 g/mol. The van der Waals surface area contributed by atoms with Crippen LogP contribution in [0, 0.1) is 0 Å². The second kappa shape index (κ2) is 7.35. The van der Waals surface area contributed by atoms with Crippen LogP contribution in [0.5, 0.6) is 0 Å². The molecular weight excluding hydrogens is 337 g/mol. The molecule has 7 heteroatoms. The summed E-state index contributed by atoms with van der Waals surface area (Å²) in [5.41, 5.74) is 6.64. The van der Waals surface area contributed by atoms with Crippen molar-refractivity contribution in [1.29, 1.82) is 0 Å². The minimum Gasteiger partial charge on any atom is -0.374 e. The lowest BCUT2D eigenvalue weighted by Crippen LogP contribution is -2.32. The van der Waals surface area contributed by atoms with Gasteiger partial charge < -0.3 is 16.4 Å². The maximum atomic E-state index is 12.2. The molecule has 0 aliphatic heterocycles. The Morgan fingerprint density at radius 1 is 1.13 bits per heavy atom. The molecule has 2 rings (SSSR count). The first-order valence-electron chi connectivity index (χ1n) is 6.79. The Morgan fingerprint density at radius 2 is 1.87 bits per heavy atom. The van der Waals surface area contributed by atoms with E-state index >= 15 is 0 Å². The summed E-state index contributed by atoms with van der Waals surface area (Å²) in [6.45, 7) is 1.69. The van der Waals surface area contributed by atoms with Crippen molar-refractivity contribution < 1.29 is 9.59 Å². The minimum atomic E-state index is -0.562. The van der Waals surface area contributed by atoms with Gasteiger partial charge in [-0.25, -0.2) is 0 Å². The second-order valence-electron chi connectivity index (χ2n) is 4.92. The molecule has 23 heavy (non-hydrogen) atoms. The molecule has 0 aliphatic carbocycles. The number of rotatable bonds is 5. The SMILES string of the molecule is CC(Nc1cccc(C(N)=O)c1)C(=O)Nc1cc(Cl)ccc1Cl. The first kappa shape index (κ1) is 17.1. The minimum absolute atomic E-state index is 0.293. The van der Waals surface area contributed by atoms with Gasteiger partial charge in [-0.2, -0.15) is 0 Å². The Balaban J connectivity index is 2.07. The molecule has 0 aromatic heterocycles. The van der Waals surface area contributed by atoms with Crippen LogP contribution in [0.4, 0.5) is 11.4 Å². The van der Waals surface area contributed by atoms with Gasteiger partial charge in [-0.15, -0.1) is 0 Å². The van der Waals surface area contributed by atoms with Crippen LogP contribution in [0.25, 0.3) is 0 Å². The topological polar surface area (TPSA) is 84.2 Å². The number of primary amides is 1. The number of carbonyl (C=O) groups excluding carboxylic acids is 2. The molecule has 0 heterocycles. The van der Waals surface area contributed by atoms with Crippen molar-refractivity contribution in [3.63, 3.8) is 0 Å². The van der Waals surface area contributed by atoms with Crippen LogP contribution in [-0.2, 0) is 4.79 Å². The van der Waals surface area contributed by atoms with Crippen molar-refractivity contribution in [2.45, 2.75) is 13.0 Å². The predicted octanol–water partition coefficient (Wildman–Crippen LogP) is 3.53. The molecule has 2 aromatic rings. The van der Waals surface area contributed by atoms with E-state index in [0.29, 0.717) is 27.0 Å². The second-order valence-corrected chi connectivity index (χ2v) is 5.77. The Kier molecular flexibility index (Phi) is 5.47. The molecule has 1 unspecified atom stereocenters. The molecule has 2 aromatic carbocycles. The Morgan fingerprint density at radius 3 is 2.57 bits per heavy atom. The van der Waals surface area contributed by atoms with Crippen LogP contribution >= 0.6 is 23.2 Å². The zero-order valence-electron chi connectivity index (χ0n) is 12.3. The van der Waals surface area contributed by atoms with Crippen molar-refractivity contribution in [2.75, 3.05) is 10.6 Å². The molecule has 0 radical (unpaired) electrons. The van der Waals surface area contributed by atoms with Gasteiger partial charge in [-0.05, 0) is 43.3 Å². The zero-order valence-corrected chi connectivity index (χ0v) is 13.8. The summed E-state index contributed by atoms with van der Waals surface area (Å²) in [7, 11) is 0. The number of amides is 2. The molecule has 0 saturated carbocycles. The van der Waals surface area contributed by atoms with Crippen LogP contribution in [0.2, 0.25) is 10.0 Å². The summed E-state index contributed by atoms with van der Waals surface area (Å²) in [5, 5.41) is 6.56. The van der Waals surface area contributed by atoms with E-state index < -0.39 is 11.9 Å². The summed E-state index contributed by atoms with van der Waals surface area (Å²) in [6, 6.07) is 10.9. The van der Waals surface area contributed by atoms with E-state index in [9.17, 15) is 9.59 Å². The van der Waals surface area contributed by atoms with Crippen molar-refractivity contribution in [3.8, 4) is 0 Å². The first-order chi connectivity index (χ1) is 10.9. The van der Waals surface area contributed by atoms with Crippen molar-refractivity contribution in [2.24, 2.45) is 5.73 Å². The standard InChI is InChI=1S/C16H15Cl2N3O2/c1-9(20-12-4-2-3-10(7-12)15(19)22)16(23)21-14-8-11(17)5-6-13(14)18/h2-9,20H,1H3,(H2,19,22)(H,21,23). The van der Waals surface area contributed by atoms with Crippen LogP contribution in [-0.4, -0.2) is 17.9 Å². The van der Waals surface area contributed by atoms with Gasteiger partial charge in [0.1, 0.15) is 6.04 Å². The fourth-order valence-electron chi connectivity index (χ4n) is 1.91. The molecule has 0 bridgehead atoms. The van der Waals surface area contributed by atoms with E-state index in [1.807, 2.05) is 0 Å². The highest BCUT2D eigenvalue weighted by atomic mass is 35.5. The monoisotopic (exact) mass is 351 g/mol. The number of benzene rings is 2.